The van der Waals surface area contributed by atoms with Crippen molar-refractivity contribution in [3.8, 4) is 0 Å². The Bertz CT molecular complexity index is 469. The molecule has 21 heavy (non-hydrogen) atoms. The first-order valence-corrected chi connectivity index (χ1v) is 9.15. The predicted octanol–water partition coefficient (Wildman–Crippen LogP) is 2.16. The Kier molecular flexibility index (Phi) is 4.85. The molecule has 0 radical (unpaired) electrons. The molecule has 1 saturated heterocycles. The lowest BCUT2D eigenvalue weighted by Crippen LogP contribution is -2.47. The Morgan fingerprint density at radius 1 is 1.24 bits per heavy atom. The quantitative estimate of drug-likeness (QED) is 0.642. The molecule has 1 aliphatic heterocycles. The van der Waals surface area contributed by atoms with E-state index < -0.39 is 0 Å². The van der Waals surface area contributed by atoms with Gasteiger partial charge in [0.2, 0.25) is 0 Å². The van der Waals surface area contributed by atoms with Crippen molar-refractivity contribution in [3.05, 3.63) is 6.07 Å². The molecule has 2 heterocycles. The second-order valence-electron chi connectivity index (χ2n) is 5.86. The molecule has 0 amide bonds. The molecule has 1 aliphatic carbocycles. The summed E-state index contributed by atoms with van der Waals surface area (Å²) >= 11 is 1.60. The minimum Gasteiger partial charge on any atom is -0.370 e. The summed E-state index contributed by atoms with van der Waals surface area (Å²) in [6.07, 6.45) is 4.91. The van der Waals surface area contributed by atoms with Gasteiger partial charge >= 0.3 is 0 Å². The van der Waals surface area contributed by atoms with Gasteiger partial charge in [-0.1, -0.05) is 11.8 Å². The molecule has 6 heteroatoms. The number of aromatic nitrogens is 2. The van der Waals surface area contributed by atoms with Crippen LogP contribution in [0.25, 0.3) is 0 Å². The van der Waals surface area contributed by atoms with Gasteiger partial charge < -0.3 is 10.2 Å². The lowest BCUT2D eigenvalue weighted by molar-refractivity contribution is 0.247. The van der Waals surface area contributed by atoms with Crippen molar-refractivity contribution in [1.29, 1.82) is 0 Å². The lowest BCUT2D eigenvalue weighted by atomic mass is 10.2. The summed E-state index contributed by atoms with van der Waals surface area (Å²) in [4.78, 5) is 14.2. The molecule has 3 rings (SSSR count). The smallest absolute Gasteiger partial charge is 0.191 e. The van der Waals surface area contributed by atoms with Crippen molar-refractivity contribution in [3.63, 3.8) is 0 Å². The normalized spacial score (nSPS) is 19.8. The van der Waals surface area contributed by atoms with E-state index in [1.54, 1.807) is 11.8 Å². The van der Waals surface area contributed by atoms with Crippen LogP contribution in [0.4, 0.5) is 11.6 Å². The van der Waals surface area contributed by atoms with Crippen molar-refractivity contribution in [2.24, 2.45) is 5.92 Å². The van der Waals surface area contributed by atoms with E-state index in [4.69, 9.17) is 0 Å². The Hall–Kier alpha value is -1.01. The number of piperazine rings is 1. The van der Waals surface area contributed by atoms with Gasteiger partial charge in [-0.15, -0.1) is 0 Å². The van der Waals surface area contributed by atoms with E-state index in [9.17, 15) is 0 Å². The molecule has 0 aromatic carbocycles. The third kappa shape index (κ3) is 4.01. The fourth-order valence-corrected chi connectivity index (χ4v) is 3.14. The van der Waals surface area contributed by atoms with E-state index in [1.807, 2.05) is 6.26 Å². The first kappa shape index (κ1) is 14.9. The van der Waals surface area contributed by atoms with Crippen LogP contribution < -0.4 is 10.2 Å². The monoisotopic (exact) mass is 307 g/mol. The van der Waals surface area contributed by atoms with Gasteiger partial charge in [0.05, 0.1) is 0 Å². The summed E-state index contributed by atoms with van der Waals surface area (Å²) < 4.78 is 0. The van der Waals surface area contributed by atoms with Crippen molar-refractivity contribution >= 4 is 23.4 Å². The van der Waals surface area contributed by atoms with Crippen LogP contribution >= 0.6 is 11.8 Å². The number of thioether (sulfide) groups is 1. The van der Waals surface area contributed by atoms with Gasteiger partial charge in [0, 0.05) is 45.3 Å². The summed E-state index contributed by atoms with van der Waals surface area (Å²) in [6.45, 7) is 8.75. The third-order valence-electron chi connectivity index (χ3n) is 4.14. The van der Waals surface area contributed by atoms with Crippen LogP contribution in [-0.4, -0.2) is 60.4 Å². The average molecular weight is 307 g/mol. The van der Waals surface area contributed by atoms with E-state index in [0.717, 1.165) is 55.4 Å². The molecule has 5 nitrogen and oxygen atoms in total. The van der Waals surface area contributed by atoms with Crippen LogP contribution in [0.2, 0.25) is 0 Å². The Morgan fingerprint density at radius 2 is 2.00 bits per heavy atom. The molecule has 116 valence electrons. The minimum absolute atomic E-state index is 0.851. The van der Waals surface area contributed by atoms with Gasteiger partial charge in [-0.25, -0.2) is 9.97 Å². The average Bonchev–Trinajstić information content (AvgIpc) is 3.32. The van der Waals surface area contributed by atoms with Crippen molar-refractivity contribution in [2.75, 3.05) is 55.7 Å². The lowest BCUT2D eigenvalue weighted by Gasteiger charge is -2.35. The maximum Gasteiger partial charge on any atom is 0.191 e. The highest BCUT2D eigenvalue weighted by Crippen LogP contribution is 2.30. The first-order valence-electron chi connectivity index (χ1n) is 7.92. The maximum atomic E-state index is 4.68. The summed E-state index contributed by atoms with van der Waals surface area (Å²) in [5, 5.41) is 4.15. The van der Waals surface area contributed by atoms with Crippen molar-refractivity contribution in [1.82, 2.24) is 14.9 Å². The van der Waals surface area contributed by atoms with E-state index >= 15 is 0 Å². The molecular weight excluding hydrogens is 282 g/mol. The largest absolute Gasteiger partial charge is 0.370 e. The van der Waals surface area contributed by atoms with Crippen LogP contribution in [0.1, 0.15) is 19.8 Å². The second-order valence-corrected chi connectivity index (χ2v) is 6.63. The van der Waals surface area contributed by atoms with Crippen LogP contribution in [0.15, 0.2) is 11.2 Å². The molecule has 1 saturated carbocycles. The van der Waals surface area contributed by atoms with Gasteiger partial charge in [0.1, 0.15) is 11.6 Å². The number of hydrogen-bond acceptors (Lipinski definition) is 6. The fourth-order valence-electron chi connectivity index (χ4n) is 2.76. The van der Waals surface area contributed by atoms with Crippen LogP contribution in [0.3, 0.4) is 0 Å². The SMILES string of the molecule is CCNc1cc(N2CCN(CC3CC3)CC2)nc(SC)n1. The summed E-state index contributed by atoms with van der Waals surface area (Å²) in [7, 11) is 0. The zero-order valence-electron chi connectivity index (χ0n) is 13.0. The standard InChI is InChI=1S/C15H25N5S/c1-3-16-13-10-14(18-15(17-13)21-2)20-8-6-19(7-9-20)11-12-4-5-12/h10,12H,3-9,11H2,1-2H3,(H,16,17,18). The Balaban J connectivity index is 1.64. The summed E-state index contributed by atoms with van der Waals surface area (Å²) in [5.74, 6) is 2.99. The molecule has 2 fully saturated rings. The van der Waals surface area contributed by atoms with Crippen LogP contribution in [-0.2, 0) is 0 Å². The van der Waals surface area contributed by atoms with Gasteiger partial charge in [0.15, 0.2) is 5.16 Å². The number of hydrogen-bond donors (Lipinski definition) is 1. The van der Waals surface area contributed by atoms with Crippen LogP contribution in [0, 0.1) is 5.92 Å². The maximum absolute atomic E-state index is 4.68. The third-order valence-corrected chi connectivity index (χ3v) is 4.69. The molecule has 1 aromatic rings. The Morgan fingerprint density at radius 3 is 2.62 bits per heavy atom. The molecule has 2 aliphatic rings. The zero-order chi connectivity index (χ0) is 14.7. The molecule has 0 unspecified atom stereocenters. The second kappa shape index (κ2) is 6.83. The predicted molar refractivity (Wildman–Crippen MR) is 89.4 cm³/mol. The van der Waals surface area contributed by atoms with Crippen LogP contribution in [0.5, 0.6) is 0 Å². The van der Waals surface area contributed by atoms with E-state index in [0.29, 0.717) is 0 Å². The number of nitrogens with one attached hydrogen (secondary N) is 1. The van der Waals surface area contributed by atoms with Gasteiger partial charge in [-0.2, -0.15) is 0 Å². The van der Waals surface area contributed by atoms with Gasteiger partial charge in [0.25, 0.3) is 0 Å². The van der Waals surface area contributed by atoms with Gasteiger partial charge in [-0.3, -0.25) is 4.90 Å². The molecule has 0 bridgehead atoms. The highest BCUT2D eigenvalue weighted by molar-refractivity contribution is 7.98. The van der Waals surface area contributed by atoms with Crippen molar-refractivity contribution < 1.29 is 0 Å². The number of anilines is 2. The minimum atomic E-state index is 0.851. The highest BCUT2D eigenvalue weighted by Gasteiger charge is 2.26. The fraction of sp³-hybridized carbons (Fsp3) is 0.733. The van der Waals surface area contributed by atoms with E-state index in [-0.39, 0.29) is 0 Å². The summed E-state index contributed by atoms with van der Waals surface area (Å²) in [6, 6.07) is 2.08. The molecule has 0 atom stereocenters. The van der Waals surface area contributed by atoms with E-state index in [1.165, 1.54) is 19.4 Å². The number of nitrogens with zero attached hydrogens (tertiary/aromatic N) is 4. The molecule has 0 spiro atoms. The Labute approximate surface area is 131 Å². The van der Waals surface area contributed by atoms with Crippen molar-refractivity contribution in [2.45, 2.75) is 24.9 Å². The molecular formula is C15H25N5S. The molecule has 1 aromatic heterocycles. The molecule has 1 N–H and O–H groups in total. The van der Waals surface area contributed by atoms with E-state index in [2.05, 4.69) is 38.1 Å². The summed E-state index contributed by atoms with van der Waals surface area (Å²) in [5.41, 5.74) is 0. The number of rotatable bonds is 6. The first-order chi connectivity index (χ1) is 10.3. The van der Waals surface area contributed by atoms with Gasteiger partial charge in [-0.05, 0) is 31.9 Å². The zero-order valence-corrected chi connectivity index (χ0v) is 13.8. The topological polar surface area (TPSA) is 44.3 Å². The highest BCUT2D eigenvalue weighted by atomic mass is 32.2.